The highest BCUT2D eigenvalue weighted by Gasteiger charge is 2.57. The first kappa shape index (κ1) is 21.7. The maximum atomic E-state index is 13.6. The Kier molecular flexibility index (Phi) is 5.46. The molecule has 3 aromatic carbocycles. The first-order valence-electron chi connectivity index (χ1n) is 11.0. The molecule has 0 N–H and O–H groups in total. The number of nitrogens with zero attached hydrogens (tertiary/aromatic N) is 2. The van der Waals surface area contributed by atoms with E-state index in [1.165, 1.54) is 0 Å². The lowest BCUT2D eigenvalue weighted by Gasteiger charge is -2.34. The van der Waals surface area contributed by atoms with Crippen LogP contribution in [0.1, 0.15) is 23.1 Å². The van der Waals surface area contributed by atoms with Crippen molar-refractivity contribution in [2.75, 3.05) is 20.2 Å². The summed E-state index contributed by atoms with van der Waals surface area (Å²) in [5, 5.41) is 0. The molecule has 2 aliphatic heterocycles. The number of carbonyl (C=O) groups excluding carboxylic acids is 1. The zero-order valence-corrected chi connectivity index (χ0v) is 19.3. The van der Waals surface area contributed by atoms with Gasteiger partial charge in [-0.25, -0.2) is 8.42 Å². The second kappa shape index (κ2) is 8.32. The van der Waals surface area contributed by atoms with E-state index in [4.69, 9.17) is 4.74 Å². The Balaban J connectivity index is 1.48. The van der Waals surface area contributed by atoms with Crippen molar-refractivity contribution in [3.63, 3.8) is 0 Å². The summed E-state index contributed by atoms with van der Waals surface area (Å²) < 4.78 is 34.1. The van der Waals surface area contributed by atoms with E-state index in [1.54, 1.807) is 23.5 Å². The summed E-state index contributed by atoms with van der Waals surface area (Å²) in [6, 6.07) is 24.3. The second-order valence-corrected chi connectivity index (χ2v) is 10.4. The van der Waals surface area contributed by atoms with Gasteiger partial charge in [0.05, 0.1) is 24.0 Å². The van der Waals surface area contributed by atoms with Crippen molar-refractivity contribution in [1.82, 2.24) is 9.21 Å². The zero-order valence-electron chi connectivity index (χ0n) is 18.5. The van der Waals surface area contributed by atoms with Crippen LogP contribution in [0.4, 0.5) is 0 Å². The highest BCUT2D eigenvalue weighted by atomic mass is 32.2. The van der Waals surface area contributed by atoms with Crippen LogP contribution in [-0.4, -0.2) is 43.7 Å². The van der Waals surface area contributed by atoms with E-state index in [-0.39, 0.29) is 12.5 Å². The number of fused-ring (bicyclic) bond motifs is 2. The van der Waals surface area contributed by atoms with E-state index < -0.39 is 15.6 Å². The van der Waals surface area contributed by atoms with Crippen LogP contribution in [0.25, 0.3) is 0 Å². The lowest BCUT2D eigenvalue weighted by atomic mass is 9.88. The number of ether oxygens (including phenoxy) is 1. The van der Waals surface area contributed by atoms with Crippen LogP contribution in [0, 0.1) is 0 Å². The maximum Gasteiger partial charge on any atom is 0.244 e. The van der Waals surface area contributed by atoms with Gasteiger partial charge in [-0.15, -0.1) is 0 Å². The van der Waals surface area contributed by atoms with Gasteiger partial charge in [-0.05, 0) is 41.3 Å². The molecule has 7 heteroatoms. The minimum absolute atomic E-state index is 0.0178. The molecule has 1 saturated heterocycles. The van der Waals surface area contributed by atoms with Crippen LogP contribution < -0.4 is 4.74 Å². The number of rotatable bonds is 5. The van der Waals surface area contributed by atoms with Crippen LogP contribution in [0.2, 0.25) is 0 Å². The minimum Gasteiger partial charge on any atom is -0.497 e. The van der Waals surface area contributed by atoms with Gasteiger partial charge in [0.15, 0.2) is 0 Å². The van der Waals surface area contributed by atoms with Gasteiger partial charge in [-0.3, -0.25) is 4.79 Å². The van der Waals surface area contributed by atoms with E-state index in [9.17, 15) is 13.2 Å². The van der Waals surface area contributed by atoms with E-state index >= 15 is 0 Å². The summed E-state index contributed by atoms with van der Waals surface area (Å²) >= 11 is 0. The van der Waals surface area contributed by atoms with Gasteiger partial charge in [0.25, 0.3) is 0 Å². The van der Waals surface area contributed by atoms with Crippen LogP contribution in [0.3, 0.4) is 0 Å². The average Bonchev–Trinajstić information content (AvgIpc) is 3.36. The van der Waals surface area contributed by atoms with Gasteiger partial charge < -0.3 is 9.64 Å². The van der Waals surface area contributed by atoms with E-state index in [2.05, 4.69) is 0 Å². The van der Waals surface area contributed by atoms with Crippen LogP contribution in [0.15, 0.2) is 83.8 Å². The van der Waals surface area contributed by atoms with Gasteiger partial charge in [0, 0.05) is 19.6 Å². The first-order valence-corrected chi connectivity index (χ1v) is 12.4. The molecule has 5 rings (SSSR count). The standard InChI is InChI=1S/C26H26N2O4S/c1-32-22-13-11-21(12-14-22)18-28-26(23-9-5-6-10-24(23)33(28,30)31)15-16-27(19-26)25(29)17-20-7-3-2-4-8-20/h2-14H,15-19H2,1H3. The van der Waals surface area contributed by atoms with E-state index in [1.807, 2.05) is 71.6 Å². The molecule has 1 spiro atoms. The second-order valence-electron chi connectivity index (χ2n) is 8.62. The van der Waals surface area contributed by atoms with Gasteiger partial charge >= 0.3 is 0 Å². The minimum atomic E-state index is -3.70. The van der Waals surface area contributed by atoms with E-state index in [0.717, 1.165) is 22.4 Å². The fourth-order valence-corrected chi connectivity index (χ4v) is 7.05. The molecule has 2 heterocycles. The highest BCUT2D eigenvalue weighted by Crippen LogP contribution is 2.50. The molecule has 1 fully saturated rings. The molecule has 0 radical (unpaired) electrons. The smallest absolute Gasteiger partial charge is 0.244 e. The fourth-order valence-electron chi connectivity index (χ4n) is 5.00. The molecule has 1 unspecified atom stereocenters. The summed E-state index contributed by atoms with van der Waals surface area (Å²) in [4.78, 5) is 15.3. The van der Waals surface area contributed by atoms with Crippen LogP contribution in [0.5, 0.6) is 5.75 Å². The molecular weight excluding hydrogens is 436 g/mol. The number of sulfonamides is 1. The Morgan fingerprint density at radius 1 is 0.939 bits per heavy atom. The zero-order chi connectivity index (χ0) is 23.1. The molecular formula is C26H26N2O4S. The Labute approximate surface area is 194 Å². The summed E-state index contributed by atoms with van der Waals surface area (Å²) in [6.07, 6.45) is 0.879. The van der Waals surface area contributed by atoms with Gasteiger partial charge in [-0.1, -0.05) is 60.7 Å². The predicted octanol–water partition coefficient (Wildman–Crippen LogP) is 3.57. The van der Waals surface area contributed by atoms with Crippen molar-refractivity contribution in [3.05, 3.63) is 95.6 Å². The van der Waals surface area contributed by atoms with Gasteiger partial charge in [0.1, 0.15) is 5.75 Å². The largest absolute Gasteiger partial charge is 0.497 e. The molecule has 6 nitrogen and oxygen atoms in total. The van der Waals surface area contributed by atoms with Crippen molar-refractivity contribution in [1.29, 1.82) is 0 Å². The number of hydrogen-bond donors (Lipinski definition) is 0. The summed E-state index contributed by atoms with van der Waals surface area (Å²) in [5.41, 5.74) is 1.86. The Morgan fingerprint density at radius 2 is 1.64 bits per heavy atom. The molecule has 3 aromatic rings. The third kappa shape index (κ3) is 3.71. The molecule has 170 valence electrons. The lowest BCUT2D eigenvalue weighted by Crippen LogP contribution is -2.46. The van der Waals surface area contributed by atoms with Crippen LogP contribution in [-0.2, 0) is 33.3 Å². The topological polar surface area (TPSA) is 66.9 Å². The third-order valence-corrected chi connectivity index (χ3v) is 8.69. The predicted molar refractivity (Wildman–Crippen MR) is 125 cm³/mol. The van der Waals surface area contributed by atoms with Crippen LogP contribution >= 0.6 is 0 Å². The quantitative estimate of drug-likeness (QED) is 0.582. The normalized spacial score (nSPS) is 21.3. The van der Waals surface area contributed by atoms with Crippen molar-refractivity contribution in [2.45, 2.75) is 29.8 Å². The molecule has 33 heavy (non-hydrogen) atoms. The Hall–Kier alpha value is -3.16. The molecule has 1 atom stereocenters. The third-order valence-electron chi connectivity index (χ3n) is 6.72. The molecule has 0 aromatic heterocycles. The molecule has 0 bridgehead atoms. The Bertz CT molecular complexity index is 1280. The van der Waals surface area contributed by atoms with Crippen molar-refractivity contribution in [3.8, 4) is 5.75 Å². The molecule has 0 saturated carbocycles. The van der Waals surface area contributed by atoms with Crippen molar-refractivity contribution < 1.29 is 17.9 Å². The number of benzene rings is 3. The monoisotopic (exact) mass is 462 g/mol. The molecule has 1 amide bonds. The Morgan fingerprint density at radius 3 is 2.36 bits per heavy atom. The SMILES string of the molecule is COc1ccc(CN2C3(CCN(C(=O)Cc4ccccc4)C3)c3ccccc3S2(=O)=O)cc1. The highest BCUT2D eigenvalue weighted by molar-refractivity contribution is 7.89. The number of amides is 1. The summed E-state index contributed by atoms with van der Waals surface area (Å²) in [7, 11) is -2.09. The van der Waals surface area contributed by atoms with Gasteiger partial charge in [-0.2, -0.15) is 4.31 Å². The summed E-state index contributed by atoms with van der Waals surface area (Å²) in [5.74, 6) is 0.740. The maximum absolute atomic E-state index is 13.6. The number of methoxy groups -OCH3 is 1. The first-order chi connectivity index (χ1) is 15.9. The van der Waals surface area contributed by atoms with E-state index in [0.29, 0.717) is 30.8 Å². The number of likely N-dealkylation sites (tertiary alicyclic amines) is 1. The van der Waals surface area contributed by atoms with Gasteiger partial charge in [0.2, 0.25) is 15.9 Å². The number of hydrogen-bond acceptors (Lipinski definition) is 4. The molecule has 0 aliphatic carbocycles. The lowest BCUT2D eigenvalue weighted by molar-refractivity contribution is -0.129. The fraction of sp³-hybridized carbons (Fsp3) is 0.269. The molecule has 2 aliphatic rings. The summed E-state index contributed by atoms with van der Waals surface area (Å²) in [6.45, 7) is 1.11. The average molecular weight is 463 g/mol. The number of carbonyl (C=O) groups is 1. The van der Waals surface area contributed by atoms with Crippen molar-refractivity contribution >= 4 is 15.9 Å². The van der Waals surface area contributed by atoms with Crippen molar-refractivity contribution in [2.24, 2.45) is 0 Å².